The van der Waals surface area contributed by atoms with Crippen LogP contribution in [0.4, 0.5) is 5.82 Å². The average Bonchev–Trinajstić information content (AvgIpc) is 2.37. The number of hydrogen-bond acceptors (Lipinski definition) is 5. The van der Waals surface area contributed by atoms with Crippen molar-refractivity contribution in [2.24, 2.45) is 0 Å². The van der Waals surface area contributed by atoms with Gasteiger partial charge in [-0.2, -0.15) is 0 Å². The summed E-state index contributed by atoms with van der Waals surface area (Å²) in [5.41, 5.74) is 1.02. The van der Waals surface area contributed by atoms with Gasteiger partial charge in [0.15, 0.2) is 0 Å². The quantitative estimate of drug-likeness (QED) is 0.880. The third-order valence-electron chi connectivity index (χ3n) is 3.14. The zero-order valence-electron chi connectivity index (χ0n) is 12.1. The Morgan fingerprint density at radius 3 is 2.58 bits per heavy atom. The van der Waals surface area contributed by atoms with E-state index in [-0.39, 0.29) is 0 Å². The Labute approximate surface area is 115 Å². The minimum atomic E-state index is 0.294. The Kier molecular flexibility index (Phi) is 5.10. The van der Waals surface area contributed by atoms with Gasteiger partial charge in [-0.3, -0.25) is 9.88 Å². The van der Waals surface area contributed by atoms with Crippen molar-refractivity contribution in [1.82, 2.24) is 14.9 Å². The molecule has 0 aromatic carbocycles. The molecule has 5 nitrogen and oxygen atoms in total. The van der Waals surface area contributed by atoms with E-state index in [1.54, 1.807) is 0 Å². The van der Waals surface area contributed by atoms with Gasteiger partial charge in [-0.05, 0) is 20.3 Å². The molecule has 2 rings (SSSR count). The van der Waals surface area contributed by atoms with Gasteiger partial charge < -0.3 is 10.1 Å². The molecule has 106 valence electrons. The van der Waals surface area contributed by atoms with Crippen LogP contribution in [0.25, 0.3) is 0 Å². The molecule has 2 heterocycles. The molecule has 0 unspecified atom stereocenters. The zero-order chi connectivity index (χ0) is 13.7. The third-order valence-corrected chi connectivity index (χ3v) is 3.14. The minimum absolute atomic E-state index is 0.294. The summed E-state index contributed by atoms with van der Waals surface area (Å²) in [6.45, 7) is 10.1. The van der Waals surface area contributed by atoms with Gasteiger partial charge in [0.25, 0.3) is 0 Å². The van der Waals surface area contributed by atoms with E-state index in [9.17, 15) is 0 Å². The van der Waals surface area contributed by atoms with Gasteiger partial charge in [0.05, 0.1) is 30.3 Å². The number of morpholine rings is 1. The van der Waals surface area contributed by atoms with Crippen LogP contribution < -0.4 is 5.32 Å². The number of ether oxygens (including phenoxy) is 1. The van der Waals surface area contributed by atoms with Crippen LogP contribution in [-0.2, 0) is 11.3 Å². The van der Waals surface area contributed by atoms with Gasteiger partial charge in [0.1, 0.15) is 5.82 Å². The molecule has 0 amide bonds. The first-order chi connectivity index (χ1) is 9.17. The van der Waals surface area contributed by atoms with E-state index in [0.717, 1.165) is 44.1 Å². The van der Waals surface area contributed by atoms with Gasteiger partial charge in [-0.15, -0.1) is 0 Å². The fourth-order valence-corrected chi connectivity index (χ4v) is 2.42. The second-order valence-corrected chi connectivity index (χ2v) is 5.27. The average molecular weight is 264 g/mol. The van der Waals surface area contributed by atoms with Crippen molar-refractivity contribution in [2.75, 3.05) is 25.0 Å². The molecule has 1 aromatic heterocycles. The molecule has 0 spiro atoms. The monoisotopic (exact) mass is 264 g/mol. The van der Waals surface area contributed by atoms with Crippen molar-refractivity contribution in [3.05, 3.63) is 18.1 Å². The van der Waals surface area contributed by atoms with Crippen LogP contribution in [0.2, 0.25) is 0 Å². The molecule has 0 saturated carbocycles. The lowest BCUT2D eigenvalue weighted by Gasteiger charge is -2.34. The van der Waals surface area contributed by atoms with E-state index in [0.29, 0.717) is 12.2 Å². The highest BCUT2D eigenvalue weighted by Crippen LogP contribution is 2.13. The predicted molar refractivity (Wildman–Crippen MR) is 76.1 cm³/mol. The molecule has 0 radical (unpaired) electrons. The molecule has 0 aliphatic carbocycles. The standard InChI is InChI=1S/C14H24N4O/c1-4-5-15-14-7-16-13(6-17-14)10-18-8-11(2)19-12(3)9-18/h6-7,11-12H,4-5,8-10H2,1-3H3,(H,15,17)/t11-,12+. The van der Waals surface area contributed by atoms with Crippen LogP contribution in [0.15, 0.2) is 12.4 Å². The molecule has 1 saturated heterocycles. The largest absolute Gasteiger partial charge is 0.373 e. The summed E-state index contributed by atoms with van der Waals surface area (Å²) in [6.07, 6.45) is 5.36. The summed E-state index contributed by atoms with van der Waals surface area (Å²) in [5.74, 6) is 0.856. The minimum Gasteiger partial charge on any atom is -0.373 e. The number of rotatable bonds is 5. The zero-order valence-corrected chi connectivity index (χ0v) is 12.1. The van der Waals surface area contributed by atoms with E-state index in [1.165, 1.54) is 0 Å². The number of hydrogen-bond donors (Lipinski definition) is 1. The van der Waals surface area contributed by atoms with Crippen LogP contribution in [-0.4, -0.2) is 46.7 Å². The summed E-state index contributed by atoms with van der Waals surface area (Å²) in [6, 6.07) is 0. The van der Waals surface area contributed by atoms with Gasteiger partial charge >= 0.3 is 0 Å². The normalized spacial score (nSPS) is 24.4. The molecule has 1 N–H and O–H groups in total. The molecule has 1 aliphatic rings. The SMILES string of the molecule is CCCNc1cnc(CN2C[C@@H](C)O[C@@H](C)C2)cn1. The topological polar surface area (TPSA) is 50.3 Å². The van der Waals surface area contributed by atoms with E-state index in [2.05, 4.69) is 41.0 Å². The Morgan fingerprint density at radius 2 is 2.00 bits per heavy atom. The fraction of sp³-hybridized carbons (Fsp3) is 0.714. The second-order valence-electron chi connectivity index (χ2n) is 5.27. The van der Waals surface area contributed by atoms with Gasteiger partial charge in [-0.1, -0.05) is 6.92 Å². The summed E-state index contributed by atoms with van der Waals surface area (Å²) >= 11 is 0. The summed E-state index contributed by atoms with van der Waals surface area (Å²) in [4.78, 5) is 11.2. The summed E-state index contributed by atoms with van der Waals surface area (Å²) < 4.78 is 5.73. The number of anilines is 1. The van der Waals surface area contributed by atoms with Crippen molar-refractivity contribution in [3.63, 3.8) is 0 Å². The fourth-order valence-electron chi connectivity index (χ4n) is 2.42. The van der Waals surface area contributed by atoms with Crippen LogP contribution in [0, 0.1) is 0 Å². The van der Waals surface area contributed by atoms with E-state index >= 15 is 0 Å². The van der Waals surface area contributed by atoms with Gasteiger partial charge in [0, 0.05) is 26.2 Å². The van der Waals surface area contributed by atoms with E-state index in [1.807, 2.05) is 12.4 Å². The highest BCUT2D eigenvalue weighted by molar-refractivity contribution is 5.30. The van der Waals surface area contributed by atoms with Crippen molar-refractivity contribution in [1.29, 1.82) is 0 Å². The molecular formula is C14H24N4O. The van der Waals surface area contributed by atoms with Gasteiger partial charge in [-0.25, -0.2) is 4.98 Å². The first-order valence-corrected chi connectivity index (χ1v) is 7.10. The highest BCUT2D eigenvalue weighted by Gasteiger charge is 2.22. The summed E-state index contributed by atoms with van der Waals surface area (Å²) in [5, 5.41) is 3.23. The first kappa shape index (κ1) is 14.2. The lowest BCUT2D eigenvalue weighted by molar-refractivity contribution is -0.0707. The number of aromatic nitrogens is 2. The molecule has 2 atom stereocenters. The lowest BCUT2D eigenvalue weighted by Crippen LogP contribution is -2.44. The van der Waals surface area contributed by atoms with Gasteiger partial charge in [0.2, 0.25) is 0 Å². The Bertz CT molecular complexity index is 372. The maximum Gasteiger partial charge on any atom is 0.144 e. The smallest absolute Gasteiger partial charge is 0.144 e. The molecule has 1 aromatic rings. The van der Waals surface area contributed by atoms with Crippen molar-refractivity contribution in [2.45, 2.75) is 45.9 Å². The van der Waals surface area contributed by atoms with Crippen LogP contribution in [0.5, 0.6) is 0 Å². The molecular weight excluding hydrogens is 240 g/mol. The van der Waals surface area contributed by atoms with Crippen molar-refractivity contribution >= 4 is 5.82 Å². The van der Waals surface area contributed by atoms with Crippen LogP contribution in [0.3, 0.4) is 0 Å². The predicted octanol–water partition coefficient (Wildman–Crippen LogP) is 1.91. The third kappa shape index (κ3) is 4.44. The molecule has 5 heteroatoms. The highest BCUT2D eigenvalue weighted by atomic mass is 16.5. The second kappa shape index (κ2) is 6.82. The first-order valence-electron chi connectivity index (χ1n) is 7.10. The summed E-state index contributed by atoms with van der Waals surface area (Å²) in [7, 11) is 0. The van der Waals surface area contributed by atoms with E-state index < -0.39 is 0 Å². The lowest BCUT2D eigenvalue weighted by atomic mass is 10.2. The Balaban J connectivity index is 1.88. The maximum atomic E-state index is 5.73. The van der Waals surface area contributed by atoms with Crippen LogP contribution >= 0.6 is 0 Å². The molecule has 1 aliphatic heterocycles. The molecule has 0 bridgehead atoms. The van der Waals surface area contributed by atoms with Crippen molar-refractivity contribution < 1.29 is 4.74 Å². The Hall–Kier alpha value is -1.20. The maximum absolute atomic E-state index is 5.73. The van der Waals surface area contributed by atoms with Crippen molar-refractivity contribution in [3.8, 4) is 0 Å². The van der Waals surface area contributed by atoms with Crippen LogP contribution in [0.1, 0.15) is 32.9 Å². The number of nitrogens with zero attached hydrogens (tertiary/aromatic N) is 3. The molecule has 1 fully saturated rings. The number of nitrogens with one attached hydrogen (secondary N) is 1. The molecule has 19 heavy (non-hydrogen) atoms. The Morgan fingerprint density at radius 1 is 1.26 bits per heavy atom. The van der Waals surface area contributed by atoms with E-state index in [4.69, 9.17) is 4.74 Å².